The van der Waals surface area contributed by atoms with Gasteiger partial charge in [-0.3, -0.25) is 0 Å². The smallest absolute Gasteiger partial charge is 0.0777 e. The maximum absolute atomic E-state index is 5.84. The van der Waals surface area contributed by atoms with Crippen molar-refractivity contribution >= 4 is 11.3 Å². The number of likely N-dealkylation sites (N-methyl/N-ethyl adjacent to an activating group) is 1. The van der Waals surface area contributed by atoms with Crippen molar-refractivity contribution in [3.05, 3.63) is 21.9 Å². The van der Waals surface area contributed by atoms with E-state index in [-0.39, 0.29) is 6.10 Å². The first-order valence-corrected chi connectivity index (χ1v) is 6.89. The number of thiophene rings is 1. The third kappa shape index (κ3) is 3.58. The van der Waals surface area contributed by atoms with E-state index >= 15 is 0 Å². The van der Waals surface area contributed by atoms with Crippen LogP contribution in [-0.2, 0) is 4.74 Å². The molecule has 0 aliphatic carbocycles. The Hall–Kier alpha value is -0.380. The Balaban J connectivity index is 2.76. The molecule has 1 rings (SSSR count). The summed E-state index contributed by atoms with van der Waals surface area (Å²) in [5, 5.41) is 3.39. The highest BCUT2D eigenvalue weighted by molar-refractivity contribution is 7.12. The zero-order chi connectivity index (χ0) is 12.0. The van der Waals surface area contributed by atoms with Crippen molar-refractivity contribution in [2.24, 2.45) is 0 Å². The fourth-order valence-electron chi connectivity index (χ4n) is 1.98. The van der Waals surface area contributed by atoms with Crippen LogP contribution < -0.4 is 5.32 Å². The van der Waals surface area contributed by atoms with Crippen molar-refractivity contribution in [1.29, 1.82) is 0 Å². The third-order valence-corrected chi connectivity index (χ3v) is 3.79. The molecule has 0 bridgehead atoms. The van der Waals surface area contributed by atoms with Crippen LogP contribution in [0.1, 0.15) is 42.5 Å². The number of hydrogen-bond donors (Lipinski definition) is 1. The van der Waals surface area contributed by atoms with Gasteiger partial charge in [-0.15, -0.1) is 11.3 Å². The summed E-state index contributed by atoms with van der Waals surface area (Å²) in [5.41, 5.74) is 0. The van der Waals surface area contributed by atoms with Crippen LogP contribution >= 0.6 is 11.3 Å². The number of rotatable bonds is 7. The highest BCUT2D eigenvalue weighted by Crippen LogP contribution is 2.28. The highest BCUT2D eigenvalue weighted by atomic mass is 32.1. The van der Waals surface area contributed by atoms with Gasteiger partial charge in [0.05, 0.1) is 12.1 Å². The summed E-state index contributed by atoms with van der Waals surface area (Å²) in [5.74, 6) is 0. The molecule has 2 nitrogen and oxygen atoms in total. The molecule has 16 heavy (non-hydrogen) atoms. The molecule has 2 atom stereocenters. The van der Waals surface area contributed by atoms with Crippen molar-refractivity contribution in [2.45, 2.75) is 45.8 Å². The molecule has 0 aliphatic heterocycles. The summed E-state index contributed by atoms with van der Waals surface area (Å²) in [6.07, 6.45) is 2.56. The fourth-order valence-corrected chi connectivity index (χ4v) is 3.02. The van der Waals surface area contributed by atoms with Gasteiger partial charge in [-0.1, -0.05) is 13.3 Å². The van der Waals surface area contributed by atoms with E-state index in [9.17, 15) is 0 Å². The van der Waals surface area contributed by atoms with Gasteiger partial charge in [0.25, 0.3) is 0 Å². The van der Waals surface area contributed by atoms with Crippen LogP contribution in [0.5, 0.6) is 0 Å². The summed E-state index contributed by atoms with van der Waals surface area (Å²) in [6, 6.07) is 4.72. The molecule has 0 saturated heterocycles. The zero-order valence-corrected chi connectivity index (χ0v) is 11.6. The Kier molecular flexibility index (Phi) is 6.03. The van der Waals surface area contributed by atoms with Crippen LogP contribution in [-0.4, -0.2) is 19.8 Å². The Morgan fingerprint density at radius 3 is 2.56 bits per heavy atom. The minimum atomic E-state index is 0.290. The molecule has 2 unspecified atom stereocenters. The fraction of sp³-hybridized carbons (Fsp3) is 0.692. The number of hydrogen-bond acceptors (Lipinski definition) is 3. The first-order chi connectivity index (χ1) is 7.72. The Morgan fingerprint density at radius 2 is 2.12 bits per heavy atom. The van der Waals surface area contributed by atoms with Gasteiger partial charge in [-0.2, -0.15) is 0 Å². The molecule has 0 spiro atoms. The first-order valence-electron chi connectivity index (χ1n) is 6.08. The second-order valence-electron chi connectivity index (χ2n) is 4.00. The van der Waals surface area contributed by atoms with Crippen LogP contribution in [0, 0.1) is 6.92 Å². The van der Waals surface area contributed by atoms with Gasteiger partial charge in [-0.25, -0.2) is 0 Å². The maximum atomic E-state index is 5.84. The summed E-state index contributed by atoms with van der Waals surface area (Å²) >= 11 is 1.86. The lowest BCUT2D eigenvalue weighted by Crippen LogP contribution is -2.31. The molecule has 3 heteroatoms. The van der Waals surface area contributed by atoms with E-state index in [1.54, 1.807) is 0 Å². The molecule has 1 aromatic rings. The largest absolute Gasteiger partial charge is 0.376 e. The topological polar surface area (TPSA) is 21.3 Å². The lowest BCUT2D eigenvalue weighted by atomic mass is 10.0. The Labute approximate surface area is 103 Å². The zero-order valence-electron chi connectivity index (χ0n) is 10.7. The molecule has 0 fully saturated rings. The molecule has 0 aromatic carbocycles. The van der Waals surface area contributed by atoms with E-state index in [0.29, 0.717) is 6.04 Å². The van der Waals surface area contributed by atoms with E-state index in [4.69, 9.17) is 4.74 Å². The minimum absolute atomic E-state index is 0.290. The van der Waals surface area contributed by atoms with Gasteiger partial charge < -0.3 is 10.1 Å². The average Bonchev–Trinajstić information content (AvgIpc) is 2.67. The summed E-state index contributed by atoms with van der Waals surface area (Å²) in [6.45, 7) is 7.21. The van der Waals surface area contributed by atoms with Gasteiger partial charge in [0, 0.05) is 16.4 Å². The predicted octanol–water partition coefficient (Wildman–Crippen LogP) is 3.52. The standard InChI is InChI=1S/C13H23NOS/c1-5-7-11(15-6-2)13(14-4)12-9-8-10(3)16-12/h8-9,11,13-14H,5-7H2,1-4H3. The van der Waals surface area contributed by atoms with Gasteiger partial charge in [0.1, 0.15) is 0 Å². The minimum Gasteiger partial charge on any atom is -0.376 e. The number of aryl methyl sites for hydroxylation is 1. The molecular weight excluding hydrogens is 218 g/mol. The second kappa shape index (κ2) is 7.05. The molecule has 0 saturated carbocycles. The molecule has 1 N–H and O–H groups in total. The van der Waals surface area contributed by atoms with E-state index < -0.39 is 0 Å². The van der Waals surface area contributed by atoms with Crippen molar-refractivity contribution in [1.82, 2.24) is 5.32 Å². The summed E-state index contributed by atoms with van der Waals surface area (Å²) in [4.78, 5) is 2.74. The molecule has 0 amide bonds. The van der Waals surface area contributed by atoms with E-state index in [1.165, 1.54) is 9.75 Å². The van der Waals surface area contributed by atoms with E-state index in [1.807, 2.05) is 18.4 Å². The van der Waals surface area contributed by atoms with E-state index in [2.05, 4.69) is 38.2 Å². The van der Waals surface area contributed by atoms with Gasteiger partial charge in [0.15, 0.2) is 0 Å². The number of ether oxygens (including phenoxy) is 1. The van der Waals surface area contributed by atoms with Crippen LogP contribution in [0.4, 0.5) is 0 Å². The van der Waals surface area contributed by atoms with Crippen molar-refractivity contribution in [2.75, 3.05) is 13.7 Å². The SMILES string of the molecule is CCCC(OCC)C(NC)c1ccc(C)s1. The number of nitrogens with one attached hydrogen (secondary N) is 1. The molecule has 1 aromatic heterocycles. The average molecular weight is 241 g/mol. The second-order valence-corrected chi connectivity index (χ2v) is 5.32. The summed E-state index contributed by atoms with van der Waals surface area (Å²) < 4.78 is 5.84. The molecule has 0 aliphatic rings. The van der Waals surface area contributed by atoms with Crippen LogP contribution in [0.15, 0.2) is 12.1 Å². The van der Waals surface area contributed by atoms with Crippen LogP contribution in [0.3, 0.4) is 0 Å². The monoisotopic (exact) mass is 241 g/mol. The molecule has 1 heterocycles. The van der Waals surface area contributed by atoms with Gasteiger partial charge in [-0.05, 0) is 39.4 Å². The normalized spacial score (nSPS) is 15.0. The third-order valence-electron chi connectivity index (χ3n) is 2.70. The van der Waals surface area contributed by atoms with Crippen molar-refractivity contribution in [3.63, 3.8) is 0 Å². The van der Waals surface area contributed by atoms with Crippen molar-refractivity contribution in [3.8, 4) is 0 Å². The predicted molar refractivity (Wildman–Crippen MR) is 71.2 cm³/mol. The van der Waals surface area contributed by atoms with Crippen LogP contribution in [0.2, 0.25) is 0 Å². The quantitative estimate of drug-likeness (QED) is 0.788. The van der Waals surface area contributed by atoms with E-state index in [0.717, 1.165) is 19.4 Å². The molecule has 92 valence electrons. The summed E-state index contributed by atoms with van der Waals surface area (Å²) in [7, 11) is 2.02. The van der Waals surface area contributed by atoms with Crippen molar-refractivity contribution < 1.29 is 4.74 Å². The lowest BCUT2D eigenvalue weighted by Gasteiger charge is -2.25. The first kappa shape index (κ1) is 13.7. The lowest BCUT2D eigenvalue weighted by molar-refractivity contribution is 0.0304. The van der Waals surface area contributed by atoms with Crippen LogP contribution in [0.25, 0.3) is 0 Å². The molecular formula is C13H23NOS. The Bertz CT molecular complexity index is 292. The van der Waals surface area contributed by atoms with Gasteiger partial charge in [0.2, 0.25) is 0 Å². The van der Waals surface area contributed by atoms with Gasteiger partial charge >= 0.3 is 0 Å². The molecule has 0 radical (unpaired) electrons. The Morgan fingerprint density at radius 1 is 1.38 bits per heavy atom. The maximum Gasteiger partial charge on any atom is 0.0777 e. The highest BCUT2D eigenvalue weighted by Gasteiger charge is 2.22.